The topological polar surface area (TPSA) is 95.2 Å². The Morgan fingerprint density at radius 2 is 2.00 bits per heavy atom. The third-order valence-corrected chi connectivity index (χ3v) is 2.81. The average molecular weight is 259 g/mol. The summed E-state index contributed by atoms with van der Waals surface area (Å²) in [6, 6.07) is 2.27. The molecule has 0 saturated heterocycles. The van der Waals surface area contributed by atoms with E-state index >= 15 is 0 Å². The van der Waals surface area contributed by atoms with Crippen molar-refractivity contribution in [1.82, 2.24) is 0 Å². The van der Waals surface area contributed by atoms with E-state index in [2.05, 4.69) is 5.43 Å². The van der Waals surface area contributed by atoms with Gasteiger partial charge in [0.05, 0.1) is 15.6 Å². The molecule has 0 unspecified atom stereocenters. The van der Waals surface area contributed by atoms with Crippen LogP contribution in [0.5, 0.6) is 0 Å². The molecule has 15 heavy (non-hydrogen) atoms. The zero-order valence-electron chi connectivity index (χ0n) is 8.24. The predicted molar refractivity (Wildman–Crippen MR) is 52.0 cm³/mol. The van der Waals surface area contributed by atoms with E-state index in [4.69, 9.17) is 17.4 Å². The Labute approximate surface area is 115 Å². The number of hydrogen-bond acceptors (Lipinski definition) is 5. The Morgan fingerprint density at radius 3 is 2.33 bits per heavy atom. The van der Waals surface area contributed by atoms with E-state index in [1.165, 1.54) is 6.07 Å². The number of rotatable bonds is 2. The van der Waals surface area contributed by atoms with Gasteiger partial charge in [0.25, 0.3) is 0 Å². The summed E-state index contributed by atoms with van der Waals surface area (Å²) in [5.41, 5.74) is 3.21. The van der Waals surface area contributed by atoms with Crippen LogP contribution in [0, 0.1) is 6.92 Å². The van der Waals surface area contributed by atoms with Gasteiger partial charge in [0.2, 0.25) is 0 Å². The van der Waals surface area contributed by atoms with Gasteiger partial charge in [-0.15, -0.1) is 0 Å². The minimum Gasteiger partial charge on any atom is -0.744 e. The Kier molecular flexibility index (Phi) is 5.56. The van der Waals surface area contributed by atoms with E-state index in [0.717, 1.165) is 6.07 Å². The largest absolute Gasteiger partial charge is 1.00 e. The molecule has 1 aromatic rings. The van der Waals surface area contributed by atoms with E-state index in [0.29, 0.717) is 11.3 Å². The first-order valence-corrected chi connectivity index (χ1v) is 5.37. The molecule has 0 aliphatic heterocycles. The van der Waals surface area contributed by atoms with Crippen LogP contribution in [0.25, 0.3) is 0 Å². The Hall–Kier alpha value is 0.180. The Bertz CT molecular complexity index is 440. The number of anilines is 1. The molecule has 0 bridgehead atoms. The van der Waals surface area contributed by atoms with Crippen LogP contribution in [-0.4, -0.2) is 13.0 Å². The molecule has 8 heteroatoms. The molecule has 0 aliphatic rings. The number of aryl methyl sites for hydroxylation is 1. The van der Waals surface area contributed by atoms with Crippen molar-refractivity contribution in [1.29, 1.82) is 0 Å². The van der Waals surface area contributed by atoms with Crippen molar-refractivity contribution >= 4 is 27.4 Å². The zero-order valence-corrected chi connectivity index (χ0v) is 11.8. The SMILES string of the molecule is Cc1cc(S(=O)(=O)[O-])cc(Cl)c1NN.[Na+]. The summed E-state index contributed by atoms with van der Waals surface area (Å²) >= 11 is 5.70. The maximum absolute atomic E-state index is 10.7. The second kappa shape index (κ2) is 5.49. The smallest absolute Gasteiger partial charge is 0.744 e. The first kappa shape index (κ1) is 15.2. The van der Waals surface area contributed by atoms with Gasteiger partial charge in [-0.25, -0.2) is 8.42 Å². The molecule has 0 spiro atoms. The molecule has 78 valence electrons. The van der Waals surface area contributed by atoms with Crippen molar-refractivity contribution in [3.8, 4) is 0 Å². The number of halogens is 1. The van der Waals surface area contributed by atoms with Crippen molar-refractivity contribution in [3.63, 3.8) is 0 Å². The van der Waals surface area contributed by atoms with Crippen LogP contribution >= 0.6 is 11.6 Å². The van der Waals surface area contributed by atoms with Crippen LogP contribution in [0.2, 0.25) is 5.02 Å². The molecule has 0 heterocycles. The van der Waals surface area contributed by atoms with Gasteiger partial charge in [0.15, 0.2) is 0 Å². The van der Waals surface area contributed by atoms with E-state index in [1.807, 2.05) is 0 Å². The molecule has 0 aliphatic carbocycles. The number of nitrogen functional groups attached to an aromatic ring is 1. The van der Waals surface area contributed by atoms with E-state index in [9.17, 15) is 13.0 Å². The molecule has 0 saturated carbocycles. The predicted octanol–water partition coefficient (Wildman–Crippen LogP) is -2.16. The number of nitrogens with one attached hydrogen (secondary N) is 1. The van der Waals surface area contributed by atoms with Gasteiger partial charge in [0, 0.05) is 0 Å². The fraction of sp³-hybridized carbons (Fsp3) is 0.143. The number of hydrazine groups is 1. The monoisotopic (exact) mass is 258 g/mol. The summed E-state index contributed by atoms with van der Waals surface area (Å²) in [7, 11) is -4.48. The second-order valence-electron chi connectivity index (χ2n) is 2.70. The fourth-order valence-corrected chi connectivity index (χ4v) is 2.01. The van der Waals surface area contributed by atoms with Crippen LogP contribution < -0.4 is 40.8 Å². The second-order valence-corrected chi connectivity index (χ2v) is 4.48. The van der Waals surface area contributed by atoms with Gasteiger partial charge in [-0.2, -0.15) is 0 Å². The number of benzene rings is 1. The molecule has 5 nitrogen and oxygen atoms in total. The maximum Gasteiger partial charge on any atom is 1.00 e. The molecule has 0 radical (unpaired) electrons. The summed E-state index contributed by atoms with van der Waals surface area (Å²) in [5.74, 6) is 5.15. The number of hydrogen-bond donors (Lipinski definition) is 2. The quantitative estimate of drug-likeness (QED) is 0.273. The summed E-state index contributed by atoms with van der Waals surface area (Å²) < 4.78 is 32.0. The van der Waals surface area contributed by atoms with E-state index < -0.39 is 10.1 Å². The molecule has 3 N–H and O–H groups in total. The van der Waals surface area contributed by atoms with Gasteiger partial charge in [-0.05, 0) is 24.6 Å². The van der Waals surface area contributed by atoms with Gasteiger partial charge in [0.1, 0.15) is 10.1 Å². The van der Waals surface area contributed by atoms with Crippen molar-refractivity contribution in [2.24, 2.45) is 5.84 Å². The third kappa shape index (κ3) is 3.60. The molecule has 0 aromatic heterocycles. The van der Waals surface area contributed by atoms with Gasteiger partial charge in [-0.3, -0.25) is 5.84 Å². The zero-order chi connectivity index (χ0) is 10.9. The number of nitrogens with two attached hydrogens (primary N) is 1. The van der Waals surface area contributed by atoms with Gasteiger partial charge >= 0.3 is 29.6 Å². The van der Waals surface area contributed by atoms with Crippen LogP contribution in [-0.2, 0) is 10.1 Å². The summed E-state index contributed by atoms with van der Waals surface area (Å²) in [4.78, 5) is -0.362. The Balaban J connectivity index is 0.00000196. The molecular formula is C7H8ClN2NaO3S. The summed E-state index contributed by atoms with van der Waals surface area (Å²) in [6.45, 7) is 1.59. The van der Waals surface area contributed by atoms with E-state index in [-0.39, 0.29) is 39.5 Å². The summed E-state index contributed by atoms with van der Waals surface area (Å²) in [5, 5.41) is 0.0990. The molecule has 0 fully saturated rings. The van der Waals surface area contributed by atoms with Crippen molar-refractivity contribution < 1.29 is 42.5 Å². The third-order valence-electron chi connectivity index (χ3n) is 1.69. The van der Waals surface area contributed by atoms with E-state index in [1.54, 1.807) is 6.92 Å². The van der Waals surface area contributed by atoms with Gasteiger partial charge < -0.3 is 9.98 Å². The molecular weight excluding hydrogens is 251 g/mol. The molecule has 0 amide bonds. The minimum absolute atomic E-state index is 0. The molecule has 0 atom stereocenters. The summed E-state index contributed by atoms with van der Waals surface area (Å²) in [6.07, 6.45) is 0. The standard InChI is InChI=1S/C7H9ClN2O3S.Na/c1-4-2-5(14(11,12)13)3-6(8)7(4)10-9;/h2-3,10H,9H2,1H3,(H,11,12,13);/q;+1/p-1. The fourth-order valence-electron chi connectivity index (χ4n) is 1.04. The van der Waals surface area contributed by atoms with Gasteiger partial charge in [-0.1, -0.05) is 11.6 Å². The normalized spacial score (nSPS) is 10.7. The molecule has 1 aromatic carbocycles. The molecule has 1 rings (SSSR count). The Morgan fingerprint density at radius 1 is 1.47 bits per heavy atom. The minimum atomic E-state index is -4.48. The van der Waals surface area contributed by atoms with Crippen LogP contribution in [0.4, 0.5) is 5.69 Å². The van der Waals surface area contributed by atoms with Crippen LogP contribution in [0.1, 0.15) is 5.56 Å². The van der Waals surface area contributed by atoms with Crippen molar-refractivity contribution in [3.05, 3.63) is 22.7 Å². The first-order valence-electron chi connectivity index (χ1n) is 3.59. The van der Waals surface area contributed by atoms with Crippen molar-refractivity contribution in [2.75, 3.05) is 5.43 Å². The maximum atomic E-state index is 10.7. The van der Waals surface area contributed by atoms with Crippen LogP contribution in [0.15, 0.2) is 17.0 Å². The average Bonchev–Trinajstić information content (AvgIpc) is 2.01. The van der Waals surface area contributed by atoms with Crippen molar-refractivity contribution in [2.45, 2.75) is 11.8 Å². The first-order chi connectivity index (χ1) is 6.36. The van der Waals surface area contributed by atoms with Crippen LogP contribution in [0.3, 0.4) is 0 Å².